The lowest BCUT2D eigenvalue weighted by Crippen LogP contribution is -2.31. The van der Waals surface area contributed by atoms with Gasteiger partial charge in [-0.05, 0) is 47.5 Å². The first kappa shape index (κ1) is 23.6. The van der Waals surface area contributed by atoms with Crippen molar-refractivity contribution in [3.8, 4) is 17.2 Å². The van der Waals surface area contributed by atoms with Gasteiger partial charge in [-0.25, -0.2) is 4.98 Å². The van der Waals surface area contributed by atoms with E-state index in [-0.39, 0.29) is 12.5 Å². The van der Waals surface area contributed by atoms with Crippen LogP contribution in [0.25, 0.3) is 21.0 Å². The van der Waals surface area contributed by atoms with Gasteiger partial charge in [0.25, 0.3) is 5.91 Å². The van der Waals surface area contributed by atoms with Crippen LogP contribution in [-0.4, -0.2) is 36.7 Å². The Morgan fingerprint density at radius 3 is 2.47 bits per heavy atom. The van der Waals surface area contributed by atoms with E-state index in [1.54, 1.807) is 31.5 Å². The SMILES string of the molecule is CCOc1ccc2ccccc2c1C(=O)N(Cc1cccnc1)c1nc2c(OC)ccc(OC)c2s1. The molecule has 0 radical (unpaired) electrons. The lowest BCUT2D eigenvalue weighted by Gasteiger charge is -2.22. The summed E-state index contributed by atoms with van der Waals surface area (Å²) in [6.45, 7) is 2.63. The zero-order valence-electron chi connectivity index (χ0n) is 20.2. The number of amides is 1. The van der Waals surface area contributed by atoms with E-state index in [0.717, 1.165) is 21.0 Å². The van der Waals surface area contributed by atoms with Crippen LogP contribution in [0.4, 0.5) is 5.13 Å². The topological polar surface area (TPSA) is 73.8 Å². The average molecular weight is 500 g/mol. The van der Waals surface area contributed by atoms with Crippen molar-refractivity contribution < 1.29 is 19.0 Å². The van der Waals surface area contributed by atoms with Crippen molar-refractivity contribution >= 4 is 43.4 Å². The molecule has 5 rings (SSSR count). The molecule has 36 heavy (non-hydrogen) atoms. The minimum Gasteiger partial charge on any atom is -0.495 e. The van der Waals surface area contributed by atoms with E-state index in [4.69, 9.17) is 19.2 Å². The number of nitrogens with zero attached hydrogens (tertiary/aromatic N) is 3. The monoisotopic (exact) mass is 499 g/mol. The first-order chi connectivity index (χ1) is 17.6. The minimum atomic E-state index is -0.212. The van der Waals surface area contributed by atoms with E-state index < -0.39 is 0 Å². The highest BCUT2D eigenvalue weighted by atomic mass is 32.1. The molecule has 3 aromatic carbocycles. The molecule has 8 heteroatoms. The van der Waals surface area contributed by atoms with Crippen molar-refractivity contribution in [2.75, 3.05) is 25.7 Å². The van der Waals surface area contributed by atoms with Crippen LogP contribution >= 0.6 is 11.3 Å². The number of anilines is 1. The van der Waals surface area contributed by atoms with Crippen molar-refractivity contribution in [1.82, 2.24) is 9.97 Å². The van der Waals surface area contributed by atoms with E-state index in [1.165, 1.54) is 11.3 Å². The fourth-order valence-electron chi connectivity index (χ4n) is 4.17. The maximum absolute atomic E-state index is 14.4. The van der Waals surface area contributed by atoms with Crippen molar-refractivity contribution in [1.29, 1.82) is 0 Å². The number of hydrogen-bond donors (Lipinski definition) is 0. The Bertz CT molecular complexity index is 1490. The predicted octanol–water partition coefficient (Wildman–Crippen LogP) is 6.11. The molecule has 0 spiro atoms. The summed E-state index contributed by atoms with van der Waals surface area (Å²) >= 11 is 1.38. The number of methoxy groups -OCH3 is 2. The molecule has 0 N–H and O–H groups in total. The summed E-state index contributed by atoms with van der Waals surface area (Å²) in [4.78, 5) is 25.1. The number of carbonyl (C=O) groups excluding carboxylic acids is 1. The van der Waals surface area contributed by atoms with Crippen molar-refractivity contribution in [2.45, 2.75) is 13.5 Å². The Morgan fingerprint density at radius 1 is 0.944 bits per heavy atom. The molecule has 0 saturated carbocycles. The second kappa shape index (κ2) is 10.2. The third-order valence-corrected chi connectivity index (χ3v) is 6.94. The number of fused-ring (bicyclic) bond motifs is 2. The summed E-state index contributed by atoms with van der Waals surface area (Å²) in [5, 5.41) is 2.30. The highest BCUT2D eigenvalue weighted by Crippen LogP contribution is 2.41. The van der Waals surface area contributed by atoms with Crippen molar-refractivity contribution in [3.63, 3.8) is 0 Å². The molecular weight excluding hydrogens is 474 g/mol. The van der Waals surface area contributed by atoms with Gasteiger partial charge in [0.1, 0.15) is 27.5 Å². The molecule has 5 aromatic rings. The number of aromatic nitrogens is 2. The minimum absolute atomic E-state index is 0.212. The predicted molar refractivity (Wildman–Crippen MR) is 143 cm³/mol. The number of pyridine rings is 1. The van der Waals surface area contributed by atoms with Gasteiger partial charge in [0, 0.05) is 12.4 Å². The number of carbonyl (C=O) groups is 1. The molecule has 182 valence electrons. The maximum atomic E-state index is 14.4. The van der Waals surface area contributed by atoms with Crippen LogP contribution in [0.2, 0.25) is 0 Å². The van der Waals surface area contributed by atoms with Gasteiger partial charge in [-0.2, -0.15) is 0 Å². The Kier molecular flexibility index (Phi) is 6.69. The second-order valence-corrected chi connectivity index (χ2v) is 8.97. The van der Waals surface area contributed by atoms with Gasteiger partial charge in [0.05, 0.1) is 32.9 Å². The average Bonchev–Trinajstić information content (AvgIpc) is 3.37. The summed E-state index contributed by atoms with van der Waals surface area (Å²) in [6.07, 6.45) is 3.46. The van der Waals surface area contributed by atoms with Crippen LogP contribution in [-0.2, 0) is 6.54 Å². The van der Waals surface area contributed by atoms with E-state index in [0.29, 0.717) is 40.1 Å². The molecule has 0 aliphatic heterocycles. The molecule has 0 saturated heterocycles. The number of thiazole rings is 1. The highest BCUT2D eigenvalue weighted by molar-refractivity contribution is 7.22. The lowest BCUT2D eigenvalue weighted by molar-refractivity contribution is 0.0983. The molecule has 2 aromatic heterocycles. The van der Waals surface area contributed by atoms with Gasteiger partial charge in [-0.15, -0.1) is 0 Å². The molecule has 2 heterocycles. The van der Waals surface area contributed by atoms with Gasteiger partial charge in [0.15, 0.2) is 5.13 Å². The van der Waals surface area contributed by atoms with E-state index in [1.807, 2.05) is 67.6 Å². The number of hydrogen-bond acceptors (Lipinski definition) is 7. The first-order valence-corrected chi connectivity index (χ1v) is 12.3. The fourth-order valence-corrected chi connectivity index (χ4v) is 5.25. The third-order valence-electron chi connectivity index (χ3n) is 5.84. The summed E-state index contributed by atoms with van der Waals surface area (Å²) < 4.78 is 17.8. The van der Waals surface area contributed by atoms with Crippen LogP contribution in [0.1, 0.15) is 22.8 Å². The molecule has 0 fully saturated rings. The van der Waals surface area contributed by atoms with Crippen LogP contribution in [0.15, 0.2) is 73.1 Å². The molecule has 0 bridgehead atoms. The third kappa shape index (κ3) is 4.31. The lowest BCUT2D eigenvalue weighted by atomic mass is 10.0. The molecule has 7 nitrogen and oxygen atoms in total. The smallest absolute Gasteiger partial charge is 0.264 e. The van der Waals surface area contributed by atoms with Gasteiger partial charge in [0.2, 0.25) is 0 Å². The fraction of sp³-hybridized carbons (Fsp3) is 0.179. The number of rotatable bonds is 8. The van der Waals surface area contributed by atoms with Crippen LogP contribution in [0.5, 0.6) is 17.2 Å². The summed E-state index contributed by atoms with van der Waals surface area (Å²) in [5.74, 6) is 1.61. The van der Waals surface area contributed by atoms with Crippen LogP contribution < -0.4 is 19.1 Å². The van der Waals surface area contributed by atoms with Crippen LogP contribution in [0.3, 0.4) is 0 Å². The van der Waals surface area contributed by atoms with Gasteiger partial charge >= 0.3 is 0 Å². The van der Waals surface area contributed by atoms with E-state index in [2.05, 4.69) is 4.98 Å². The van der Waals surface area contributed by atoms with Gasteiger partial charge < -0.3 is 14.2 Å². The number of benzene rings is 3. The Hall–Kier alpha value is -4.17. The second-order valence-electron chi connectivity index (χ2n) is 7.99. The van der Waals surface area contributed by atoms with Crippen molar-refractivity contribution in [2.24, 2.45) is 0 Å². The molecule has 0 aliphatic carbocycles. The zero-order chi connectivity index (χ0) is 25.1. The Balaban J connectivity index is 1.71. The quantitative estimate of drug-likeness (QED) is 0.257. The Morgan fingerprint density at radius 2 is 1.72 bits per heavy atom. The van der Waals surface area contributed by atoms with E-state index >= 15 is 0 Å². The summed E-state index contributed by atoms with van der Waals surface area (Å²) in [5.41, 5.74) is 2.02. The highest BCUT2D eigenvalue weighted by Gasteiger charge is 2.28. The Labute approximate surface area is 212 Å². The molecule has 0 unspecified atom stereocenters. The van der Waals surface area contributed by atoms with E-state index in [9.17, 15) is 4.79 Å². The molecule has 1 amide bonds. The normalized spacial score (nSPS) is 11.0. The number of ether oxygens (including phenoxy) is 3. The molecule has 0 aliphatic rings. The zero-order valence-corrected chi connectivity index (χ0v) is 21.0. The largest absolute Gasteiger partial charge is 0.495 e. The summed E-state index contributed by atoms with van der Waals surface area (Å²) in [6, 6.07) is 19.1. The molecular formula is C28H25N3O4S. The first-order valence-electron chi connectivity index (χ1n) is 11.5. The van der Waals surface area contributed by atoms with Crippen molar-refractivity contribution in [3.05, 3.63) is 84.2 Å². The van der Waals surface area contributed by atoms with Crippen LogP contribution in [0, 0.1) is 0 Å². The molecule has 0 atom stereocenters. The van der Waals surface area contributed by atoms with Gasteiger partial charge in [-0.1, -0.05) is 47.7 Å². The maximum Gasteiger partial charge on any atom is 0.264 e. The summed E-state index contributed by atoms with van der Waals surface area (Å²) in [7, 11) is 3.22. The standard InChI is InChI=1S/C28H25N3O4S/c1-4-35-21-12-11-19-9-5-6-10-20(19)24(21)27(32)31(17-18-8-7-15-29-16-18)28-30-25-22(33-2)13-14-23(34-3)26(25)36-28/h5-16H,4,17H2,1-3H3. The van der Waals surface area contributed by atoms with Gasteiger partial charge in [-0.3, -0.25) is 14.7 Å².